The number of rotatable bonds is 4. The molecule has 0 aliphatic rings. The number of ketones is 1. The Bertz CT molecular complexity index is 455. The Morgan fingerprint density at radius 2 is 2.06 bits per heavy atom. The van der Waals surface area contributed by atoms with Crippen molar-refractivity contribution in [3.8, 4) is 11.5 Å². The summed E-state index contributed by atoms with van der Waals surface area (Å²) in [7, 11) is 1.37. The van der Waals surface area contributed by atoms with Crippen molar-refractivity contribution in [2.45, 2.75) is 6.92 Å². The SMILES string of the molecule is CCOC(=O)C(=O)c1cc(Cl)c(OC)cc1O. The fraction of sp³-hybridized carbons (Fsp3) is 0.273. The van der Waals surface area contributed by atoms with Crippen LogP contribution >= 0.6 is 11.6 Å². The van der Waals surface area contributed by atoms with E-state index in [1.807, 2.05) is 0 Å². The van der Waals surface area contributed by atoms with Crippen LogP contribution < -0.4 is 4.74 Å². The molecule has 6 heteroatoms. The molecule has 92 valence electrons. The second-order valence-electron chi connectivity index (χ2n) is 3.05. The number of ether oxygens (including phenoxy) is 2. The van der Waals surface area contributed by atoms with Crippen LogP contribution in [0.2, 0.25) is 5.02 Å². The van der Waals surface area contributed by atoms with Gasteiger partial charge in [0.2, 0.25) is 0 Å². The molecule has 5 nitrogen and oxygen atoms in total. The van der Waals surface area contributed by atoms with Gasteiger partial charge in [-0.3, -0.25) is 4.79 Å². The van der Waals surface area contributed by atoms with Gasteiger partial charge in [-0.05, 0) is 13.0 Å². The topological polar surface area (TPSA) is 72.8 Å². The maximum absolute atomic E-state index is 11.6. The number of carbonyl (C=O) groups excluding carboxylic acids is 2. The summed E-state index contributed by atoms with van der Waals surface area (Å²) in [4.78, 5) is 22.8. The molecule has 0 fully saturated rings. The summed E-state index contributed by atoms with van der Waals surface area (Å²) >= 11 is 5.79. The van der Waals surface area contributed by atoms with E-state index in [2.05, 4.69) is 4.74 Å². The summed E-state index contributed by atoms with van der Waals surface area (Å²) in [5.41, 5.74) is -0.214. The maximum atomic E-state index is 11.6. The highest BCUT2D eigenvalue weighted by atomic mass is 35.5. The highest BCUT2D eigenvalue weighted by Crippen LogP contribution is 2.32. The number of phenolic OH excluding ortho intramolecular Hbond substituents is 1. The molecule has 0 bridgehead atoms. The lowest BCUT2D eigenvalue weighted by Crippen LogP contribution is -2.17. The molecular weight excluding hydrogens is 248 g/mol. The Balaban J connectivity index is 3.11. The molecule has 0 saturated heterocycles. The number of carbonyl (C=O) groups is 2. The first-order valence-corrected chi connectivity index (χ1v) is 5.17. The Morgan fingerprint density at radius 1 is 1.41 bits per heavy atom. The Labute approximate surface area is 103 Å². The molecule has 1 rings (SSSR count). The lowest BCUT2D eigenvalue weighted by molar-refractivity contribution is -0.137. The van der Waals surface area contributed by atoms with Gasteiger partial charge < -0.3 is 14.6 Å². The first kappa shape index (κ1) is 13.3. The number of phenols is 1. The molecule has 0 saturated carbocycles. The number of hydrogen-bond donors (Lipinski definition) is 1. The molecule has 0 spiro atoms. The predicted octanol–water partition coefficient (Wildman–Crippen LogP) is 1.80. The summed E-state index contributed by atoms with van der Waals surface area (Å²) < 4.78 is 9.38. The number of Topliss-reactive ketones (excluding diaryl/α,β-unsaturated/α-hetero) is 1. The normalized spacial score (nSPS) is 9.82. The molecule has 0 unspecified atom stereocenters. The molecule has 0 aromatic heterocycles. The summed E-state index contributed by atoms with van der Waals surface area (Å²) in [5, 5.41) is 9.69. The van der Waals surface area contributed by atoms with Crippen molar-refractivity contribution in [3.63, 3.8) is 0 Å². The van der Waals surface area contributed by atoms with Gasteiger partial charge in [-0.15, -0.1) is 0 Å². The van der Waals surface area contributed by atoms with Gasteiger partial charge in [-0.25, -0.2) is 4.79 Å². The maximum Gasteiger partial charge on any atom is 0.379 e. The molecule has 0 amide bonds. The number of aromatic hydroxyl groups is 1. The van der Waals surface area contributed by atoms with Gasteiger partial charge in [0.1, 0.15) is 11.5 Å². The van der Waals surface area contributed by atoms with E-state index in [1.165, 1.54) is 7.11 Å². The van der Waals surface area contributed by atoms with Crippen molar-refractivity contribution >= 4 is 23.4 Å². The second kappa shape index (κ2) is 5.54. The zero-order valence-electron chi connectivity index (χ0n) is 9.32. The predicted molar refractivity (Wildman–Crippen MR) is 60.6 cm³/mol. The number of hydrogen-bond acceptors (Lipinski definition) is 5. The Hall–Kier alpha value is -1.75. The van der Waals surface area contributed by atoms with E-state index in [9.17, 15) is 14.7 Å². The third kappa shape index (κ3) is 2.88. The van der Waals surface area contributed by atoms with Gasteiger partial charge in [0.05, 0.1) is 24.3 Å². The summed E-state index contributed by atoms with van der Waals surface area (Å²) in [6, 6.07) is 2.32. The minimum atomic E-state index is -1.04. The van der Waals surface area contributed by atoms with E-state index in [-0.39, 0.29) is 28.7 Å². The van der Waals surface area contributed by atoms with Crippen LogP contribution in [-0.4, -0.2) is 30.6 Å². The third-order valence-electron chi connectivity index (χ3n) is 1.98. The van der Waals surface area contributed by atoms with Crippen molar-refractivity contribution in [1.82, 2.24) is 0 Å². The van der Waals surface area contributed by atoms with Crippen molar-refractivity contribution < 1.29 is 24.2 Å². The van der Waals surface area contributed by atoms with Crippen LogP contribution in [0.3, 0.4) is 0 Å². The minimum Gasteiger partial charge on any atom is -0.507 e. The quantitative estimate of drug-likeness (QED) is 0.506. The van der Waals surface area contributed by atoms with E-state index in [1.54, 1.807) is 6.92 Å². The summed E-state index contributed by atoms with van der Waals surface area (Å²) in [6.45, 7) is 1.65. The standard InChI is InChI=1S/C11H11ClO5/c1-3-17-11(15)10(14)6-4-7(12)9(16-2)5-8(6)13/h4-5,13H,3H2,1-2H3. The van der Waals surface area contributed by atoms with Crippen LogP contribution in [0.5, 0.6) is 11.5 Å². The van der Waals surface area contributed by atoms with E-state index < -0.39 is 11.8 Å². The lowest BCUT2D eigenvalue weighted by Gasteiger charge is -2.07. The Morgan fingerprint density at radius 3 is 2.59 bits per heavy atom. The molecule has 0 atom stereocenters. The van der Waals surface area contributed by atoms with Crippen LogP contribution in [0.25, 0.3) is 0 Å². The van der Waals surface area contributed by atoms with Crippen LogP contribution in [0.4, 0.5) is 0 Å². The summed E-state index contributed by atoms with van der Waals surface area (Å²) in [6.07, 6.45) is 0. The van der Waals surface area contributed by atoms with Gasteiger partial charge in [-0.1, -0.05) is 11.6 Å². The zero-order chi connectivity index (χ0) is 13.0. The smallest absolute Gasteiger partial charge is 0.379 e. The molecule has 1 aromatic carbocycles. The van der Waals surface area contributed by atoms with Crippen LogP contribution in [0.1, 0.15) is 17.3 Å². The van der Waals surface area contributed by atoms with E-state index >= 15 is 0 Å². The van der Waals surface area contributed by atoms with Crippen LogP contribution in [0.15, 0.2) is 12.1 Å². The fourth-order valence-corrected chi connectivity index (χ4v) is 1.43. The lowest BCUT2D eigenvalue weighted by atomic mass is 10.1. The second-order valence-corrected chi connectivity index (χ2v) is 3.46. The monoisotopic (exact) mass is 258 g/mol. The number of halogens is 1. The number of esters is 1. The minimum absolute atomic E-state index is 0.0786. The van der Waals surface area contributed by atoms with Gasteiger partial charge in [0, 0.05) is 6.07 Å². The fourth-order valence-electron chi connectivity index (χ4n) is 1.19. The highest BCUT2D eigenvalue weighted by Gasteiger charge is 2.22. The van der Waals surface area contributed by atoms with Crippen molar-refractivity contribution in [1.29, 1.82) is 0 Å². The van der Waals surface area contributed by atoms with Crippen LogP contribution in [-0.2, 0) is 9.53 Å². The van der Waals surface area contributed by atoms with Crippen molar-refractivity contribution in [2.24, 2.45) is 0 Å². The molecule has 0 heterocycles. The van der Waals surface area contributed by atoms with Gasteiger partial charge in [0.25, 0.3) is 5.78 Å². The third-order valence-corrected chi connectivity index (χ3v) is 2.27. The average molecular weight is 259 g/mol. The van der Waals surface area contributed by atoms with Gasteiger partial charge in [-0.2, -0.15) is 0 Å². The molecule has 1 N–H and O–H groups in total. The number of methoxy groups -OCH3 is 1. The summed E-state index contributed by atoms with van der Waals surface area (Å²) in [5.74, 6) is -2.16. The van der Waals surface area contributed by atoms with Crippen molar-refractivity contribution in [3.05, 3.63) is 22.7 Å². The van der Waals surface area contributed by atoms with E-state index in [0.717, 1.165) is 12.1 Å². The van der Waals surface area contributed by atoms with Crippen molar-refractivity contribution in [2.75, 3.05) is 13.7 Å². The zero-order valence-corrected chi connectivity index (χ0v) is 10.1. The number of benzene rings is 1. The van der Waals surface area contributed by atoms with Gasteiger partial charge in [0.15, 0.2) is 0 Å². The first-order chi connectivity index (χ1) is 8.01. The highest BCUT2D eigenvalue weighted by molar-refractivity contribution is 6.42. The first-order valence-electron chi connectivity index (χ1n) is 4.79. The largest absolute Gasteiger partial charge is 0.507 e. The van der Waals surface area contributed by atoms with E-state index in [4.69, 9.17) is 16.3 Å². The van der Waals surface area contributed by atoms with Crippen LogP contribution in [0, 0.1) is 0 Å². The molecule has 0 aliphatic carbocycles. The molecule has 17 heavy (non-hydrogen) atoms. The molecular formula is C11H11ClO5. The molecule has 1 aromatic rings. The molecule has 0 aliphatic heterocycles. The average Bonchev–Trinajstić information content (AvgIpc) is 2.31. The van der Waals surface area contributed by atoms with Gasteiger partial charge >= 0.3 is 5.97 Å². The molecule has 0 radical (unpaired) electrons. The Kier molecular flexibility index (Phi) is 4.34. The van der Waals surface area contributed by atoms with E-state index in [0.29, 0.717) is 0 Å².